The highest BCUT2D eigenvalue weighted by Crippen LogP contribution is 2.32. The van der Waals surface area contributed by atoms with Crippen molar-refractivity contribution in [2.24, 2.45) is 0 Å². The topological polar surface area (TPSA) is 69.7 Å². The van der Waals surface area contributed by atoms with Crippen molar-refractivity contribution >= 4 is 44.8 Å². The van der Waals surface area contributed by atoms with Crippen LogP contribution in [0.3, 0.4) is 0 Å². The van der Waals surface area contributed by atoms with Crippen LogP contribution in [0.15, 0.2) is 41.3 Å². The van der Waals surface area contributed by atoms with Crippen molar-refractivity contribution in [3.8, 4) is 0 Å². The Bertz CT molecular complexity index is 1020. The molecule has 0 spiro atoms. The second kappa shape index (κ2) is 9.15. The Morgan fingerprint density at radius 3 is 2.03 bits per heavy atom. The molecular formula is C19H19Cl2F2N3O3S. The van der Waals surface area contributed by atoms with Gasteiger partial charge in [-0.05, 0) is 31.2 Å². The van der Waals surface area contributed by atoms with Gasteiger partial charge in [0.1, 0.15) is 22.2 Å². The highest BCUT2D eigenvalue weighted by molar-refractivity contribution is 7.89. The molecule has 162 valence electrons. The molecule has 1 atom stereocenters. The molecule has 2 aromatic carbocycles. The SMILES string of the molecule is CC(C(=O)Nc1c(F)cccc1F)N1CCN(S(=O)(=O)c2c(Cl)cccc2Cl)CC1. The summed E-state index contributed by atoms with van der Waals surface area (Å²) in [5.74, 6) is -2.34. The van der Waals surface area contributed by atoms with Gasteiger partial charge in [0.2, 0.25) is 15.9 Å². The summed E-state index contributed by atoms with van der Waals surface area (Å²) in [6.07, 6.45) is 0. The highest BCUT2D eigenvalue weighted by atomic mass is 35.5. The van der Waals surface area contributed by atoms with Crippen LogP contribution < -0.4 is 5.32 Å². The summed E-state index contributed by atoms with van der Waals surface area (Å²) in [6, 6.07) is 7.03. The van der Waals surface area contributed by atoms with E-state index in [2.05, 4.69) is 5.32 Å². The number of para-hydroxylation sites is 1. The van der Waals surface area contributed by atoms with Crippen LogP contribution >= 0.6 is 23.2 Å². The van der Waals surface area contributed by atoms with Gasteiger partial charge in [0, 0.05) is 26.2 Å². The summed E-state index contributed by atoms with van der Waals surface area (Å²) < 4.78 is 54.6. The molecule has 2 aromatic rings. The summed E-state index contributed by atoms with van der Waals surface area (Å²) in [5, 5.41) is 2.32. The Morgan fingerprint density at radius 1 is 1.00 bits per heavy atom. The fourth-order valence-electron chi connectivity index (χ4n) is 3.20. The Balaban J connectivity index is 1.67. The van der Waals surface area contributed by atoms with E-state index >= 15 is 0 Å². The molecule has 1 saturated heterocycles. The maximum atomic E-state index is 13.8. The van der Waals surface area contributed by atoms with Gasteiger partial charge >= 0.3 is 0 Å². The van der Waals surface area contributed by atoms with E-state index in [4.69, 9.17) is 23.2 Å². The smallest absolute Gasteiger partial charge is 0.246 e. The largest absolute Gasteiger partial charge is 0.320 e. The third-order valence-electron chi connectivity index (χ3n) is 4.93. The van der Waals surface area contributed by atoms with Gasteiger partial charge < -0.3 is 5.32 Å². The zero-order chi connectivity index (χ0) is 22.1. The number of benzene rings is 2. The van der Waals surface area contributed by atoms with Gasteiger partial charge in [-0.15, -0.1) is 0 Å². The minimum Gasteiger partial charge on any atom is -0.320 e. The third kappa shape index (κ3) is 4.60. The Labute approximate surface area is 183 Å². The first-order chi connectivity index (χ1) is 14.1. The van der Waals surface area contributed by atoms with Crippen molar-refractivity contribution in [3.05, 3.63) is 58.1 Å². The van der Waals surface area contributed by atoms with Crippen LogP contribution in [0.2, 0.25) is 10.0 Å². The summed E-state index contributed by atoms with van der Waals surface area (Å²) in [4.78, 5) is 14.0. The second-order valence-electron chi connectivity index (χ2n) is 6.75. The molecule has 0 saturated carbocycles. The molecule has 30 heavy (non-hydrogen) atoms. The van der Waals surface area contributed by atoms with E-state index in [1.807, 2.05) is 0 Å². The van der Waals surface area contributed by atoms with Gasteiger partial charge in [0.25, 0.3) is 0 Å². The molecule has 0 aromatic heterocycles. The summed E-state index contributed by atoms with van der Waals surface area (Å²) >= 11 is 12.1. The predicted molar refractivity (Wildman–Crippen MR) is 111 cm³/mol. The van der Waals surface area contributed by atoms with Gasteiger partial charge in [-0.1, -0.05) is 35.3 Å². The van der Waals surface area contributed by atoms with Crippen molar-refractivity contribution in [1.29, 1.82) is 0 Å². The second-order valence-corrected chi connectivity index (χ2v) is 9.44. The molecule has 11 heteroatoms. The number of sulfonamides is 1. The number of halogens is 4. The zero-order valence-corrected chi connectivity index (χ0v) is 18.2. The van der Waals surface area contributed by atoms with Gasteiger partial charge in [-0.25, -0.2) is 17.2 Å². The predicted octanol–water partition coefficient (Wildman–Crippen LogP) is 3.61. The lowest BCUT2D eigenvalue weighted by Gasteiger charge is -2.36. The number of hydrogen-bond acceptors (Lipinski definition) is 4. The van der Waals surface area contributed by atoms with Gasteiger partial charge in [0.15, 0.2) is 0 Å². The highest BCUT2D eigenvalue weighted by Gasteiger charge is 2.34. The number of nitrogens with one attached hydrogen (secondary N) is 1. The van der Waals surface area contributed by atoms with Crippen molar-refractivity contribution in [2.45, 2.75) is 17.9 Å². The first-order valence-electron chi connectivity index (χ1n) is 9.06. The molecule has 1 aliphatic rings. The average molecular weight is 478 g/mol. The summed E-state index contributed by atoms with van der Waals surface area (Å²) in [5.41, 5.74) is -0.510. The minimum absolute atomic E-state index is 0.0320. The van der Waals surface area contributed by atoms with E-state index in [0.717, 1.165) is 12.1 Å². The quantitative estimate of drug-likeness (QED) is 0.713. The Kier molecular flexibility index (Phi) is 6.98. The van der Waals surface area contributed by atoms with Crippen LogP contribution in [-0.4, -0.2) is 55.8 Å². The van der Waals surface area contributed by atoms with Crippen LogP contribution in [0.25, 0.3) is 0 Å². The maximum absolute atomic E-state index is 13.8. The van der Waals surface area contributed by atoms with E-state index in [9.17, 15) is 22.0 Å². The van der Waals surface area contributed by atoms with Gasteiger partial charge in [0.05, 0.1) is 16.1 Å². The molecule has 3 rings (SSSR count). The van der Waals surface area contributed by atoms with Crippen molar-refractivity contribution in [1.82, 2.24) is 9.21 Å². The van der Waals surface area contributed by atoms with Crippen molar-refractivity contribution < 1.29 is 22.0 Å². The standard InChI is InChI=1S/C19H19Cl2F2N3O3S/c1-12(19(27)24-17-15(22)6-3-7-16(17)23)25-8-10-26(11-9-25)30(28,29)18-13(20)4-2-5-14(18)21/h2-7,12H,8-11H2,1H3,(H,24,27). The van der Waals surface area contributed by atoms with Crippen molar-refractivity contribution in [3.63, 3.8) is 0 Å². The monoisotopic (exact) mass is 477 g/mol. The molecule has 6 nitrogen and oxygen atoms in total. The third-order valence-corrected chi connectivity index (χ3v) is 7.78. The van der Waals surface area contributed by atoms with E-state index in [1.165, 1.54) is 22.5 Å². The Hall–Kier alpha value is -1.78. The minimum atomic E-state index is -3.91. The van der Waals surface area contributed by atoms with E-state index in [1.54, 1.807) is 17.9 Å². The molecule has 1 N–H and O–H groups in total. The van der Waals surface area contributed by atoms with E-state index in [-0.39, 0.29) is 41.1 Å². The molecule has 1 aliphatic heterocycles. The molecule has 1 amide bonds. The number of amides is 1. The van der Waals surface area contributed by atoms with E-state index in [0.29, 0.717) is 0 Å². The lowest BCUT2D eigenvalue weighted by molar-refractivity contribution is -0.121. The lowest BCUT2D eigenvalue weighted by atomic mass is 10.2. The number of piperazine rings is 1. The molecule has 1 fully saturated rings. The summed E-state index contributed by atoms with van der Waals surface area (Å²) in [7, 11) is -3.91. The van der Waals surface area contributed by atoms with Gasteiger partial charge in [-0.2, -0.15) is 4.31 Å². The van der Waals surface area contributed by atoms with Crippen LogP contribution in [0.5, 0.6) is 0 Å². The van der Waals surface area contributed by atoms with Gasteiger partial charge in [-0.3, -0.25) is 9.69 Å². The number of carbonyl (C=O) groups is 1. The molecule has 0 radical (unpaired) electrons. The van der Waals surface area contributed by atoms with Crippen LogP contribution in [-0.2, 0) is 14.8 Å². The molecule has 1 heterocycles. The van der Waals surface area contributed by atoms with Crippen LogP contribution in [0.1, 0.15) is 6.92 Å². The molecule has 1 unspecified atom stereocenters. The van der Waals surface area contributed by atoms with Crippen molar-refractivity contribution in [2.75, 3.05) is 31.5 Å². The molecule has 0 bridgehead atoms. The number of nitrogens with zero attached hydrogens (tertiary/aromatic N) is 2. The number of carbonyl (C=O) groups excluding carboxylic acids is 1. The number of hydrogen-bond donors (Lipinski definition) is 1. The maximum Gasteiger partial charge on any atom is 0.246 e. The number of rotatable bonds is 5. The first-order valence-corrected chi connectivity index (χ1v) is 11.3. The summed E-state index contributed by atoms with van der Waals surface area (Å²) in [6.45, 7) is 2.29. The van der Waals surface area contributed by atoms with E-state index < -0.39 is 39.3 Å². The van der Waals surface area contributed by atoms with Crippen LogP contribution in [0, 0.1) is 11.6 Å². The normalized spacial score (nSPS) is 17.0. The van der Waals surface area contributed by atoms with Crippen LogP contribution in [0.4, 0.5) is 14.5 Å². The molecular weight excluding hydrogens is 459 g/mol. The Morgan fingerprint density at radius 2 is 1.50 bits per heavy atom. The zero-order valence-electron chi connectivity index (χ0n) is 15.9. The fraction of sp³-hybridized carbons (Fsp3) is 0.316. The average Bonchev–Trinajstić information content (AvgIpc) is 2.70. The first kappa shape index (κ1) is 22.9. The number of anilines is 1. The lowest BCUT2D eigenvalue weighted by Crippen LogP contribution is -2.54. The fourth-order valence-corrected chi connectivity index (χ4v) is 5.71. The molecule has 0 aliphatic carbocycles.